The van der Waals surface area contributed by atoms with Crippen molar-refractivity contribution in [2.24, 2.45) is 0 Å². The molecule has 0 spiro atoms. The molecule has 0 amide bonds. The fourth-order valence-corrected chi connectivity index (χ4v) is 3.96. The van der Waals surface area contributed by atoms with Gasteiger partial charge in [-0.1, -0.05) is 18.2 Å². The Morgan fingerprint density at radius 3 is 2.69 bits per heavy atom. The Morgan fingerprint density at radius 2 is 1.90 bits per heavy atom. The summed E-state index contributed by atoms with van der Waals surface area (Å²) < 4.78 is 1.74. The van der Waals surface area contributed by atoms with Gasteiger partial charge in [0, 0.05) is 53.1 Å². The average molecular weight is 428 g/mol. The van der Waals surface area contributed by atoms with E-state index in [1.54, 1.807) is 40.5 Å². The molecule has 0 saturated carbocycles. The molecule has 1 aromatic carbocycles. The minimum atomic E-state index is -0.341. The number of nitro groups is 1. The molecule has 0 bridgehead atoms. The third-order valence-corrected chi connectivity index (χ3v) is 5.35. The maximum atomic E-state index is 11.2. The van der Waals surface area contributed by atoms with Gasteiger partial charge >= 0.3 is 0 Å². The molecule has 0 radical (unpaired) electrons. The molecule has 0 unspecified atom stereocenters. The standard InChI is InChI=1S/C20H17N5O2S.ClH/c26-25(27)18-7-2-1-6-17(18)19-9-8-16(28-19)14-21-13-15-5-3-10-22-20(15)24-12-4-11-23-24;/h1-12,21H,13-14H2;1H. The first-order chi connectivity index (χ1) is 13.7. The highest BCUT2D eigenvalue weighted by molar-refractivity contribution is 7.15. The second-order valence-electron chi connectivity index (χ2n) is 6.08. The van der Waals surface area contributed by atoms with E-state index in [9.17, 15) is 10.1 Å². The molecule has 1 N–H and O–H groups in total. The van der Waals surface area contributed by atoms with Crippen molar-refractivity contribution in [2.75, 3.05) is 0 Å². The summed E-state index contributed by atoms with van der Waals surface area (Å²) in [7, 11) is 0. The van der Waals surface area contributed by atoms with Gasteiger partial charge < -0.3 is 5.32 Å². The molecular weight excluding hydrogens is 410 g/mol. The largest absolute Gasteiger partial charge is 0.308 e. The van der Waals surface area contributed by atoms with Crippen LogP contribution in [0, 0.1) is 10.1 Å². The molecule has 3 aromatic heterocycles. The van der Waals surface area contributed by atoms with E-state index < -0.39 is 0 Å². The predicted molar refractivity (Wildman–Crippen MR) is 116 cm³/mol. The number of nitrogens with zero attached hydrogens (tertiary/aromatic N) is 4. The number of hydrogen-bond donors (Lipinski definition) is 1. The van der Waals surface area contributed by atoms with Crippen molar-refractivity contribution in [3.05, 3.63) is 93.7 Å². The Hall–Kier alpha value is -3.07. The highest BCUT2D eigenvalue weighted by atomic mass is 35.5. The topological polar surface area (TPSA) is 85.9 Å². The van der Waals surface area contributed by atoms with E-state index in [1.165, 1.54) is 6.07 Å². The van der Waals surface area contributed by atoms with Crippen LogP contribution in [0.2, 0.25) is 0 Å². The molecule has 0 aliphatic heterocycles. The van der Waals surface area contributed by atoms with Crippen molar-refractivity contribution in [1.82, 2.24) is 20.1 Å². The number of para-hydroxylation sites is 1. The van der Waals surface area contributed by atoms with Gasteiger partial charge in [0.1, 0.15) is 0 Å². The van der Waals surface area contributed by atoms with Crippen LogP contribution in [0.3, 0.4) is 0 Å². The van der Waals surface area contributed by atoms with Gasteiger partial charge in [-0.3, -0.25) is 10.1 Å². The number of halogens is 1. The molecule has 0 atom stereocenters. The maximum Gasteiger partial charge on any atom is 0.278 e. The van der Waals surface area contributed by atoms with E-state index in [0.717, 1.165) is 21.1 Å². The summed E-state index contributed by atoms with van der Waals surface area (Å²) in [6, 6.07) is 16.5. The van der Waals surface area contributed by atoms with Gasteiger partial charge in [-0.2, -0.15) is 5.10 Å². The molecule has 4 rings (SSSR count). The molecule has 3 heterocycles. The number of hydrogen-bond acceptors (Lipinski definition) is 6. The van der Waals surface area contributed by atoms with E-state index in [0.29, 0.717) is 18.7 Å². The van der Waals surface area contributed by atoms with Crippen LogP contribution in [0.15, 0.2) is 73.2 Å². The number of nitro benzene ring substituents is 1. The normalized spacial score (nSPS) is 10.5. The lowest BCUT2D eigenvalue weighted by Crippen LogP contribution is -2.14. The molecule has 0 fully saturated rings. The Morgan fingerprint density at radius 1 is 1.03 bits per heavy atom. The van der Waals surface area contributed by atoms with Crippen molar-refractivity contribution in [3.63, 3.8) is 0 Å². The monoisotopic (exact) mass is 427 g/mol. The number of rotatable bonds is 7. The average Bonchev–Trinajstić information content (AvgIpc) is 3.41. The van der Waals surface area contributed by atoms with E-state index >= 15 is 0 Å². The van der Waals surface area contributed by atoms with Gasteiger partial charge in [0.25, 0.3) is 5.69 Å². The zero-order valence-corrected chi connectivity index (χ0v) is 16.9. The van der Waals surface area contributed by atoms with Crippen LogP contribution >= 0.6 is 23.7 Å². The zero-order chi connectivity index (χ0) is 19.3. The van der Waals surface area contributed by atoms with E-state index in [1.807, 2.05) is 42.6 Å². The minimum Gasteiger partial charge on any atom is -0.308 e. The first-order valence-electron chi connectivity index (χ1n) is 8.69. The van der Waals surface area contributed by atoms with E-state index in [-0.39, 0.29) is 23.0 Å². The summed E-state index contributed by atoms with van der Waals surface area (Å²) in [5.74, 6) is 0.798. The van der Waals surface area contributed by atoms with Crippen molar-refractivity contribution in [2.45, 2.75) is 13.1 Å². The van der Waals surface area contributed by atoms with Crippen LogP contribution in [0.1, 0.15) is 10.4 Å². The number of pyridine rings is 1. The minimum absolute atomic E-state index is 0. The number of nitrogens with one attached hydrogen (secondary N) is 1. The number of aromatic nitrogens is 3. The Bertz CT molecular complexity index is 1100. The second kappa shape index (κ2) is 9.42. The third kappa shape index (κ3) is 4.68. The highest BCUT2D eigenvalue weighted by Gasteiger charge is 2.15. The lowest BCUT2D eigenvalue weighted by atomic mass is 10.1. The molecule has 29 heavy (non-hydrogen) atoms. The van der Waals surface area contributed by atoms with Crippen molar-refractivity contribution >= 4 is 29.4 Å². The maximum absolute atomic E-state index is 11.2. The molecule has 4 aromatic rings. The van der Waals surface area contributed by atoms with Gasteiger partial charge in [-0.15, -0.1) is 23.7 Å². The van der Waals surface area contributed by atoms with Crippen LogP contribution in [-0.4, -0.2) is 19.7 Å². The number of benzene rings is 1. The van der Waals surface area contributed by atoms with Crippen molar-refractivity contribution in [1.29, 1.82) is 0 Å². The molecule has 7 nitrogen and oxygen atoms in total. The summed E-state index contributed by atoms with van der Waals surface area (Å²) >= 11 is 1.55. The predicted octanol–water partition coefficient (Wildman–Crippen LogP) is 4.62. The van der Waals surface area contributed by atoms with Gasteiger partial charge in [-0.25, -0.2) is 9.67 Å². The summed E-state index contributed by atoms with van der Waals surface area (Å²) in [4.78, 5) is 17.3. The fraction of sp³-hybridized carbons (Fsp3) is 0.100. The quantitative estimate of drug-likeness (QED) is 0.343. The summed E-state index contributed by atoms with van der Waals surface area (Å²) in [6.07, 6.45) is 5.34. The molecule has 148 valence electrons. The summed E-state index contributed by atoms with van der Waals surface area (Å²) in [5.41, 5.74) is 1.82. The van der Waals surface area contributed by atoms with E-state index in [4.69, 9.17) is 0 Å². The van der Waals surface area contributed by atoms with E-state index in [2.05, 4.69) is 15.4 Å². The van der Waals surface area contributed by atoms with Gasteiger partial charge in [0.05, 0.1) is 10.5 Å². The Kier molecular flexibility index (Phi) is 6.71. The van der Waals surface area contributed by atoms with Crippen LogP contribution < -0.4 is 5.32 Å². The van der Waals surface area contributed by atoms with Crippen LogP contribution in [0.5, 0.6) is 0 Å². The molecule has 0 aliphatic carbocycles. The fourth-order valence-electron chi connectivity index (χ4n) is 2.95. The van der Waals surface area contributed by atoms with Crippen LogP contribution in [0.4, 0.5) is 5.69 Å². The van der Waals surface area contributed by atoms with Crippen molar-refractivity contribution in [3.8, 4) is 16.3 Å². The van der Waals surface area contributed by atoms with Crippen molar-refractivity contribution < 1.29 is 4.92 Å². The lowest BCUT2D eigenvalue weighted by Gasteiger charge is -2.09. The summed E-state index contributed by atoms with van der Waals surface area (Å²) in [5, 5.41) is 18.9. The molecular formula is C20H18ClN5O2S. The first-order valence-corrected chi connectivity index (χ1v) is 9.51. The Balaban J connectivity index is 0.00000240. The van der Waals surface area contributed by atoms with Crippen LogP contribution in [0.25, 0.3) is 16.3 Å². The third-order valence-electron chi connectivity index (χ3n) is 4.23. The molecule has 9 heteroatoms. The highest BCUT2D eigenvalue weighted by Crippen LogP contribution is 2.34. The zero-order valence-electron chi connectivity index (χ0n) is 15.3. The summed E-state index contributed by atoms with van der Waals surface area (Å²) in [6.45, 7) is 1.31. The smallest absolute Gasteiger partial charge is 0.278 e. The first kappa shape index (κ1) is 20.7. The van der Waals surface area contributed by atoms with Gasteiger partial charge in [-0.05, 0) is 30.3 Å². The second-order valence-corrected chi connectivity index (χ2v) is 7.25. The Labute approximate surface area is 177 Å². The van der Waals surface area contributed by atoms with Crippen LogP contribution in [-0.2, 0) is 13.1 Å². The number of thiophene rings is 1. The van der Waals surface area contributed by atoms with Gasteiger partial charge in [0.2, 0.25) is 0 Å². The molecule has 0 aliphatic rings. The molecule has 0 saturated heterocycles. The SMILES string of the molecule is Cl.O=[N+]([O-])c1ccccc1-c1ccc(CNCc2cccnc2-n2cccn2)s1. The van der Waals surface area contributed by atoms with Gasteiger partial charge in [0.15, 0.2) is 5.82 Å². The lowest BCUT2D eigenvalue weighted by molar-refractivity contribution is -0.384.